The first-order valence-corrected chi connectivity index (χ1v) is 10.4. The summed E-state index contributed by atoms with van der Waals surface area (Å²) in [6.07, 6.45) is -0.295. The van der Waals surface area contributed by atoms with E-state index < -0.39 is 16.1 Å². The molecule has 0 fully saturated rings. The second-order valence-electron chi connectivity index (χ2n) is 5.57. The van der Waals surface area contributed by atoms with Crippen LogP contribution in [0.1, 0.15) is 11.8 Å². The lowest BCUT2D eigenvalue weighted by molar-refractivity contribution is 0.0197. The Balaban J connectivity index is 1.78. The third kappa shape index (κ3) is 4.83. The number of anilines is 1. The topological polar surface area (TPSA) is 150 Å². The number of methoxy groups -OCH3 is 2. The molecule has 2 aromatic rings. The van der Waals surface area contributed by atoms with Gasteiger partial charge < -0.3 is 19.0 Å². The van der Waals surface area contributed by atoms with Crippen molar-refractivity contribution >= 4 is 39.2 Å². The molecule has 2 N–H and O–H groups in total. The monoisotopic (exact) mass is 443 g/mol. The number of nitrogens with one attached hydrogen (secondary N) is 2. The molecule has 2 aromatic heterocycles. The number of thiophene rings is 1. The van der Waals surface area contributed by atoms with Crippen molar-refractivity contribution in [3.05, 3.63) is 22.4 Å². The number of sulfonamides is 1. The van der Waals surface area contributed by atoms with Crippen LogP contribution in [0.5, 0.6) is 11.8 Å². The maximum Gasteiger partial charge on any atom is 0.335 e. The van der Waals surface area contributed by atoms with Gasteiger partial charge in [-0.3, -0.25) is 5.32 Å². The molecule has 0 radical (unpaired) electrons. The van der Waals surface area contributed by atoms with E-state index in [-0.39, 0.29) is 46.1 Å². The van der Waals surface area contributed by atoms with E-state index in [4.69, 9.17) is 19.0 Å². The van der Waals surface area contributed by atoms with Crippen molar-refractivity contribution in [2.24, 2.45) is 5.16 Å². The molecule has 1 atom stereocenters. The van der Waals surface area contributed by atoms with Crippen molar-refractivity contribution < 1.29 is 32.3 Å². The number of carbonyl (C=O) groups is 1. The summed E-state index contributed by atoms with van der Waals surface area (Å²) >= 11 is 1.08. The molecule has 1 unspecified atom stereocenters. The average molecular weight is 443 g/mol. The minimum atomic E-state index is -4.25. The summed E-state index contributed by atoms with van der Waals surface area (Å²) in [5, 5.41) is 7.50. The summed E-state index contributed by atoms with van der Waals surface area (Å²) in [5.41, 5.74) is 0. The first-order chi connectivity index (χ1) is 13.8. The number of nitrogens with zero attached hydrogens (tertiary/aromatic N) is 3. The number of amides is 2. The maximum absolute atomic E-state index is 12.7. The van der Waals surface area contributed by atoms with Gasteiger partial charge in [-0.1, -0.05) is 0 Å². The lowest BCUT2D eigenvalue weighted by Crippen LogP contribution is -2.35. The van der Waals surface area contributed by atoms with E-state index in [0.29, 0.717) is 0 Å². The van der Waals surface area contributed by atoms with Crippen LogP contribution in [0.25, 0.3) is 0 Å². The van der Waals surface area contributed by atoms with Crippen molar-refractivity contribution in [1.82, 2.24) is 14.7 Å². The van der Waals surface area contributed by atoms with Crippen LogP contribution >= 0.6 is 11.3 Å². The first-order valence-electron chi connectivity index (χ1n) is 8.07. The molecule has 3 heterocycles. The molecule has 1 aliphatic rings. The van der Waals surface area contributed by atoms with E-state index in [0.717, 1.165) is 11.3 Å². The highest BCUT2D eigenvalue weighted by molar-refractivity contribution is 7.90. The number of rotatable bonds is 6. The van der Waals surface area contributed by atoms with Crippen molar-refractivity contribution in [2.75, 3.05) is 26.1 Å². The SMILES string of the molecule is COc1cc(OC)nc(NC(=O)NS(=O)(=O)c2ccsc2C2=NOCC(C)O2)n1. The van der Waals surface area contributed by atoms with Gasteiger partial charge in [-0.2, -0.15) is 9.97 Å². The Hall–Kier alpha value is -3.13. The van der Waals surface area contributed by atoms with Crippen LogP contribution in [-0.4, -0.2) is 57.2 Å². The summed E-state index contributed by atoms with van der Waals surface area (Å²) in [5.74, 6) is 0.0652. The minimum Gasteiger partial charge on any atom is -0.481 e. The molecular formula is C15H17N5O7S2. The van der Waals surface area contributed by atoms with E-state index in [1.54, 1.807) is 6.92 Å². The Morgan fingerprint density at radius 3 is 2.59 bits per heavy atom. The normalized spacial score (nSPS) is 16.1. The van der Waals surface area contributed by atoms with Gasteiger partial charge in [0.25, 0.3) is 15.9 Å². The van der Waals surface area contributed by atoms with Gasteiger partial charge in [-0.25, -0.2) is 17.9 Å². The molecule has 12 nitrogen and oxygen atoms in total. The molecule has 2 amide bonds. The fraction of sp³-hybridized carbons (Fsp3) is 0.333. The van der Waals surface area contributed by atoms with Gasteiger partial charge in [0, 0.05) is 0 Å². The number of ether oxygens (including phenoxy) is 3. The van der Waals surface area contributed by atoms with Crippen LogP contribution in [-0.2, 0) is 19.6 Å². The number of carbonyl (C=O) groups excluding carboxylic acids is 1. The van der Waals surface area contributed by atoms with E-state index in [2.05, 4.69) is 20.4 Å². The average Bonchev–Trinajstić information content (AvgIpc) is 3.18. The molecule has 0 spiro atoms. The number of urea groups is 1. The highest BCUT2D eigenvalue weighted by Crippen LogP contribution is 2.25. The fourth-order valence-corrected chi connectivity index (χ4v) is 4.43. The van der Waals surface area contributed by atoms with Crippen molar-refractivity contribution in [2.45, 2.75) is 17.9 Å². The zero-order valence-corrected chi connectivity index (χ0v) is 17.2. The van der Waals surface area contributed by atoms with Crippen LogP contribution in [0.15, 0.2) is 27.6 Å². The second-order valence-corrected chi connectivity index (χ2v) is 8.14. The Morgan fingerprint density at radius 1 is 1.28 bits per heavy atom. The molecule has 0 bridgehead atoms. The molecule has 1 aliphatic heterocycles. The zero-order valence-electron chi connectivity index (χ0n) is 15.5. The summed E-state index contributed by atoms with van der Waals surface area (Å²) in [6.45, 7) is 2.01. The van der Waals surface area contributed by atoms with Crippen LogP contribution in [0.3, 0.4) is 0 Å². The first kappa shape index (κ1) is 20.6. The van der Waals surface area contributed by atoms with E-state index in [9.17, 15) is 13.2 Å². The quantitative estimate of drug-likeness (QED) is 0.670. The van der Waals surface area contributed by atoms with Crippen molar-refractivity contribution in [1.29, 1.82) is 0 Å². The predicted octanol–water partition coefficient (Wildman–Crippen LogP) is 1.16. The third-order valence-corrected chi connectivity index (χ3v) is 5.84. The molecule has 0 aromatic carbocycles. The van der Waals surface area contributed by atoms with Crippen LogP contribution < -0.4 is 19.5 Å². The third-order valence-electron chi connectivity index (χ3n) is 3.43. The largest absolute Gasteiger partial charge is 0.481 e. The molecule has 0 saturated heterocycles. The smallest absolute Gasteiger partial charge is 0.335 e. The van der Waals surface area contributed by atoms with Gasteiger partial charge in [-0.05, 0) is 23.5 Å². The van der Waals surface area contributed by atoms with Gasteiger partial charge in [0.15, 0.2) is 6.61 Å². The summed E-state index contributed by atoms with van der Waals surface area (Å²) in [7, 11) is -1.51. The molecule has 3 rings (SSSR count). The van der Waals surface area contributed by atoms with Crippen LogP contribution in [0, 0.1) is 0 Å². The van der Waals surface area contributed by atoms with Gasteiger partial charge >= 0.3 is 6.03 Å². The van der Waals surface area contributed by atoms with Crippen molar-refractivity contribution in [3.63, 3.8) is 0 Å². The Kier molecular flexibility index (Phi) is 6.03. The number of oxime groups is 1. The molecule has 156 valence electrons. The van der Waals surface area contributed by atoms with Gasteiger partial charge in [0.1, 0.15) is 15.9 Å². The summed E-state index contributed by atoms with van der Waals surface area (Å²) in [4.78, 5) is 25.1. The number of hydrogen-bond donors (Lipinski definition) is 2. The van der Waals surface area contributed by atoms with Gasteiger partial charge in [0.05, 0.1) is 20.3 Å². The Bertz CT molecular complexity index is 1020. The standard InChI is InChI=1S/C15H17N5O7S2/c1-8-7-26-19-13(27-8)12-9(4-5-28-12)29(22,23)20-15(21)18-14-16-10(24-2)6-11(17-14)25-3/h4-6,8H,7H2,1-3H3,(H2,16,17,18,20,21). The maximum atomic E-state index is 12.7. The minimum absolute atomic E-state index is 0.0281. The number of aromatic nitrogens is 2. The summed E-state index contributed by atoms with van der Waals surface area (Å²) in [6, 6.07) is 1.64. The Morgan fingerprint density at radius 2 is 1.97 bits per heavy atom. The number of hydrogen-bond acceptors (Lipinski definition) is 11. The zero-order chi connectivity index (χ0) is 21.0. The molecule has 0 aliphatic carbocycles. The summed E-state index contributed by atoms with van der Waals surface area (Å²) < 4.78 is 42.7. The van der Waals surface area contributed by atoms with E-state index >= 15 is 0 Å². The van der Waals surface area contributed by atoms with E-state index in [1.165, 1.54) is 31.7 Å². The van der Waals surface area contributed by atoms with Gasteiger partial charge in [0.2, 0.25) is 17.7 Å². The van der Waals surface area contributed by atoms with Gasteiger partial charge in [-0.15, -0.1) is 11.3 Å². The lowest BCUT2D eigenvalue weighted by atomic mass is 10.4. The lowest BCUT2D eigenvalue weighted by Gasteiger charge is -2.19. The predicted molar refractivity (Wildman–Crippen MR) is 102 cm³/mol. The highest BCUT2D eigenvalue weighted by atomic mass is 32.2. The Labute approximate surface area is 169 Å². The highest BCUT2D eigenvalue weighted by Gasteiger charge is 2.28. The van der Waals surface area contributed by atoms with Crippen LogP contribution in [0.2, 0.25) is 0 Å². The van der Waals surface area contributed by atoms with Crippen molar-refractivity contribution in [3.8, 4) is 11.8 Å². The van der Waals surface area contributed by atoms with Crippen LogP contribution in [0.4, 0.5) is 10.7 Å². The van der Waals surface area contributed by atoms with E-state index in [1.807, 2.05) is 4.72 Å². The fourth-order valence-electron chi connectivity index (χ4n) is 2.18. The molecule has 0 saturated carbocycles. The molecule has 14 heteroatoms. The second kappa shape index (κ2) is 8.48. The molecule has 29 heavy (non-hydrogen) atoms. The molecular weight excluding hydrogens is 426 g/mol.